The highest BCUT2D eigenvalue weighted by Crippen LogP contribution is 2.22. The molecule has 1 aromatic heterocycles. The van der Waals surface area contributed by atoms with E-state index in [1.165, 1.54) is 5.56 Å². The van der Waals surface area contributed by atoms with Crippen LogP contribution in [0.15, 0.2) is 41.0 Å². The molecular weight excluding hydrogens is 332 g/mol. The number of rotatable bonds is 6. The maximum Gasteiger partial charge on any atom is 0.0746 e. The Morgan fingerprint density at radius 2 is 2.05 bits per heavy atom. The molecule has 0 fully saturated rings. The third-order valence-electron chi connectivity index (χ3n) is 2.82. The molecule has 0 radical (unpaired) electrons. The summed E-state index contributed by atoms with van der Waals surface area (Å²) in [7, 11) is -1.12. The van der Waals surface area contributed by atoms with Gasteiger partial charge in [0.1, 0.15) is 0 Å². The van der Waals surface area contributed by atoms with Crippen LogP contribution in [-0.4, -0.2) is 30.7 Å². The van der Waals surface area contributed by atoms with Gasteiger partial charge in [-0.2, -0.15) is 5.10 Å². The second-order valence-electron chi connectivity index (χ2n) is 6.06. The first kappa shape index (κ1) is 15.5. The van der Waals surface area contributed by atoms with Crippen molar-refractivity contribution in [3.8, 4) is 11.3 Å². The van der Waals surface area contributed by atoms with Gasteiger partial charge in [-0.05, 0) is 18.2 Å². The molecule has 0 atom stereocenters. The van der Waals surface area contributed by atoms with E-state index in [4.69, 9.17) is 4.74 Å². The fraction of sp³-hybridized carbons (Fsp3) is 0.400. The zero-order valence-electron chi connectivity index (χ0n) is 12.3. The Bertz CT molecular complexity index is 563. The first-order chi connectivity index (χ1) is 9.46. The summed E-state index contributed by atoms with van der Waals surface area (Å²) in [6.07, 6.45) is 2.75. The molecule has 0 spiro atoms. The van der Waals surface area contributed by atoms with E-state index in [1.54, 1.807) is 0 Å². The van der Waals surface area contributed by atoms with Gasteiger partial charge in [-0.25, -0.2) is 0 Å². The van der Waals surface area contributed by atoms with E-state index in [0.29, 0.717) is 6.61 Å². The van der Waals surface area contributed by atoms with Gasteiger partial charge < -0.3 is 4.74 Å². The Morgan fingerprint density at radius 1 is 1.25 bits per heavy atom. The predicted molar refractivity (Wildman–Crippen MR) is 89.5 cm³/mol. The monoisotopic (exact) mass is 352 g/mol. The minimum absolute atomic E-state index is 0.715. The average Bonchev–Trinajstić information content (AvgIpc) is 2.82. The quantitative estimate of drug-likeness (QED) is 0.575. The molecule has 2 rings (SSSR count). The van der Waals surface area contributed by atoms with Gasteiger partial charge >= 0.3 is 0 Å². The van der Waals surface area contributed by atoms with Crippen LogP contribution in [-0.2, 0) is 11.3 Å². The van der Waals surface area contributed by atoms with Crippen molar-refractivity contribution >= 4 is 24.0 Å². The lowest BCUT2D eigenvalue weighted by molar-refractivity contribution is 0.160. The van der Waals surface area contributed by atoms with Crippen LogP contribution < -0.4 is 0 Å². The van der Waals surface area contributed by atoms with Crippen LogP contribution in [0.5, 0.6) is 0 Å². The molecule has 2 aromatic rings. The average molecular weight is 353 g/mol. The van der Waals surface area contributed by atoms with E-state index >= 15 is 0 Å². The van der Waals surface area contributed by atoms with Crippen LogP contribution in [0.4, 0.5) is 0 Å². The number of hydrogen-bond acceptors (Lipinski definition) is 2. The summed E-state index contributed by atoms with van der Waals surface area (Å²) in [6, 6.07) is 10.3. The van der Waals surface area contributed by atoms with Crippen LogP contribution in [0.25, 0.3) is 11.3 Å². The van der Waals surface area contributed by atoms with Gasteiger partial charge in [0.15, 0.2) is 0 Å². The lowest BCUT2D eigenvalue weighted by atomic mass is 10.1. The summed E-state index contributed by atoms with van der Waals surface area (Å²) in [4.78, 5) is 0. The highest BCUT2D eigenvalue weighted by molar-refractivity contribution is 9.10. The first-order valence-electron chi connectivity index (χ1n) is 6.81. The molecule has 3 nitrogen and oxygen atoms in total. The minimum Gasteiger partial charge on any atom is -0.383 e. The molecule has 0 N–H and O–H groups in total. The Balaban J connectivity index is 1.99. The topological polar surface area (TPSA) is 27.1 Å². The summed E-state index contributed by atoms with van der Waals surface area (Å²) in [5, 5.41) is 4.39. The minimum atomic E-state index is -1.12. The van der Waals surface area contributed by atoms with Crippen molar-refractivity contribution in [1.29, 1.82) is 0 Å². The van der Waals surface area contributed by atoms with Crippen LogP contribution in [0, 0.1) is 0 Å². The van der Waals surface area contributed by atoms with Crippen molar-refractivity contribution < 1.29 is 4.74 Å². The van der Waals surface area contributed by atoms with Gasteiger partial charge in [0, 0.05) is 22.5 Å². The molecule has 0 unspecified atom stereocenters. The molecule has 0 saturated heterocycles. The van der Waals surface area contributed by atoms with Crippen molar-refractivity contribution in [1.82, 2.24) is 9.78 Å². The SMILES string of the molecule is C[Si](C)(C)COCCn1nccc1-c1cccc(Br)c1. The maximum absolute atomic E-state index is 5.78. The van der Waals surface area contributed by atoms with Gasteiger partial charge in [-0.3, -0.25) is 4.68 Å². The fourth-order valence-electron chi connectivity index (χ4n) is 1.93. The van der Waals surface area contributed by atoms with Crippen molar-refractivity contribution in [2.45, 2.75) is 26.2 Å². The Kier molecular flexibility index (Phi) is 5.18. The Labute approximate surface area is 130 Å². The molecule has 0 saturated carbocycles. The standard InChI is InChI=1S/C15H21BrN2OSi/c1-20(2,3)12-19-10-9-18-15(7-8-17-18)13-5-4-6-14(16)11-13/h4-8,11H,9-10,12H2,1-3H3. The number of ether oxygens (including phenoxy) is 1. The third kappa shape index (κ3) is 4.58. The molecular formula is C15H21BrN2OSi. The first-order valence-corrected chi connectivity index (χ1v) is 11.3. The van der Waals surface area contributed by atoms with E-state index < -0.39 is 8.07 Å². The zero-order chi connectivity index (χ0) is 14.6. The van der Waals surface area contributed by atoms with Gasteiger partial charge in [-0.15, -0.1) is 0 Å². The highest BCUT2D eigenvalue weighted by atomic mass is 79.9. The van der Waals surface area contributed by atoms with E-state index in [-0.39, 0.29) is 0 Å². The second kappa shape index (κ2) is 6.69. The van der Waals surface area contributed by atoms with Crippen LogP contribution in [0.2, 0.25) is 19.6 Å². The Hall–Kier alpha value is -0.913. The lowest BCUT2D eigenvalue weighted by Gasteiger charge is -2.16. The molecule has 0 amide bonds. The molecule has 0 aliphatic rings. The van der Waals surface area contributed by atoms with Gasteiger partial charge in [0.25, 0.3) is 0 Å². The second-order valence-corrected chi connectivity index (χ2v) is 12.4. The summed E-state index contributed by atoms with van der Waals surface area (Å²) in [5.74, 6) is 0. The highest BCUT2D eigenvalue weighted by Gasteiger charge is 2.13. The summed E-state index contributed by atoms with van der Waals surface area (Å²) in [6.45, 7) is 8.45. The molecule has 1 heterocycles. The van der Waals surface area contributed by atoms with Crippen molar-refractivity contribution in [2.75, 3.05) is 12.8 Å². The summed E-state index contributed by atoms with van der Waals surface area (Å²) < 4.78 is 8.86. The number of nitrogens with zero attached hydrogens (tertiary/aromatic N) is 2. The summed E-state index contributed by atoms with van der Waals surface area (Å²) >= 11 is 3.51. The fourth-order valence-corrected chi connectivity index (χ4v) is 3.09. The molecule has 5 heteroatoms. The number of aromatic nitrogens is 2. The normalized spacial score (nSPS) is 11.8. The zero-order valence-corrected chi connectivity index (χ0v) is 14.9. The van der Waals surface area contributed by atoms with Crippen LogP contribution in [0.1, 0.15) is 0 Å². The van der Waals surface area contributed by atoms with E-state index in [0.717, 1.165) is 22.9 Å². The number of halogens is 1. The van der Waals surface area contributed by atoms with Crippen molar-refractivity contribution in [3.05, 3.63) is 41.0 Å². The lowest BCUT2D eigenvalue weighted by Crippen LogP contribution is -2.29. The number of hydrogen-bond donors (Lipinski definition) is 0. The molecule has 1 aromatic carbocycles. The number of benzene rings is 1. The van der Waals surface area contributed by atoms with E-state index in [1.807, 2.05) is 29.1 Å². The van der Waals surface area contributed by atoms with E-state index in [9.17, 15) is 0 Å². The maximum atomic E-state index is 5.78. The molecule has 0 aliphatic heterocycles. The predicted octanol–water partition coefficient (Wildman–Crippen LogP) is 4.21. The van der Waals surface area contributed by atoms with Gasteiger partial charge in [-0.1, -0.05) is 47.7 Å². The smallest absolute Gasteiger partial charge is 0.0746 e. The third-order valence-corrected chi connectivity index (χ3v) is 4.38. The van der Waals surface area contributed by atoms with Gasteiger partial charge in [0.05, 0.1) is 26.9 Å². The van der Waals surface area contributed by atoms with Crippen molar-refractivity contribution in [2.24, 2.45) is 0 Å². The molecule has 108 valence electrons. The Morgan fingerprint density at radius 3 is 2.75 bits per heavy atom. The largest absolute Gasteiger partial charge is 0.383 e. The van der Waals surface area contributed by atoms with Crippen LogP contribution >= 0.6 is 15.9 Å². The van der Waals surface area contributed by atoms with Crippen molar-refractivity contribution in [3.63, 3.8) is 0 Å². The summed E-state index contributed by atoms with van der Waals surface area (Å²) in [5.41, 5.74) is 2.30. The molecule has 20 heavy (non-hydrogen) atoms. The van der Waals surface area contributed by atoms with E-state index in [2.05, 4.69) is 52.8 Å². The molecule has 0 bridgehead atoms. The van der Waals surface area contributed by atoms with Gasteiger partial charge in [0.2, 0.25) is 0 Å². The molecule has 0 aliphatic carbocycles. The van der Waals surface area contributed by atoms with Crippen LogP contribution in [0.3, 0.4) is 0 Å².